The Kier molecular flexibility index (Phi) is 2.19. The highest BCUT2D eigenvalue weighted by Crippen LogP contribution is 2.29. The van der Waals surface area contributed by atoms with Gasteiger partial charge in [-0.1, -0.05) is 0 Å². The van der Waals surface area contributed by atoms with E-state index in [0.717, 1.165) is 19.5 Å². The molecule has 2 rings (SSSR count). The third kappa shape index (κ3) is 1.90. The summed E-state index contributed by atoms with van der Waals surface area (Å²) >= 11 is 0. The van der Waals surface area contributed by atoms with Gasteiger partial charge in [0.1, 0.15) is 0 Å². The summed E-state index contributed by atoms with van der Waals surface area (Å²) in [5.41, 5.74) is 0. The molecular formula is C9H14NO2. The highest BCUT2D eigenvalue weighted by Gasteiger charge is 2.25. The SMILES string of the molecule is O=C(OCC1CC1)N1C[CH]CC1. The Morgan fingerprint density at radius 2 is 2.42 bits per heavy atom. The van der Waals surface area contributed by atoms with Gasteiger partial charge in [-0.15, -0.1) is 0 Å². The van der Waals surface area contributed by atoms with Gasteiger partial charge in [-0.3, -0.25) is 0 Å². The van der Waals surface area contributed by atoms with Crippen LogP contribution in [-0.2, 0) is 4.74 Å². The number of ether oxygens (including phenoxy) is 1. The van der Waals surface area contributed by atoms with Crippen LogP contribution in [0.3, 0.4) is 0 Å². The van der Waals surface area contributed by atoms with E-state index in [-0.39, 0.29) is 6.09 Å². The highest BCUT2D eigenvalue weighted by atomic mass is 16.6. The molecule has 1 amide bonds. The molecule has 1 saturated heterocycles. The fourth-order valence-corrected chi connectivity index (χ4v) is 1.32. The van der Waals surface area contributed by atoms with Gasteiger partial charge in [0.25, 0.3) is 0 Å². The third-order valence-electron chi connectivity index (χ3n) is 2.35. The molecule has 0 spiro atoms. The van der Waals surface area contributed by atoms with E-state index >= 15 is 0 Å². The summed E-state index contributed by atoms with van der Waals surface area (Å²) in [5.74, 6) is 0.667. The molecule has 1 saturated carbocycles. The zero-order valence-corrected chi connectivity index (χ0v) is 7.16. The number of hydrogen-bond acceptors (Lipinski definition) is 2. The fourth-order valence-electron chi connectivity index (χ4n) is 1.32. The first-order valence-electron chi connectivity index (χ1n) is 4.59. The molecule has 2 fully saturated rings. The topological polar surface area (TPSA) is 29.5 Å². The van der Waals surface area contributed by atoms with Gasteiger partial charge < -0.3 is 9.64 Å². The van der Waals surface area contributed by atoms with Crippen molar-refractivity contribution in [3.8, 4) is 0 Å². The molecule has 1 aliphatic carbocycles. The molecule has 3 nitrogen and oxygen atoms in total. The summed E-state index contributed by atoms with van der Waals surface area (Å²) in [7, 11) is 0. The largest absolute Gasteiger partial charge is 0.449 e. The summed E-state index contributed by atoms with van der Waals surface area (Å²) in [6.07, 6.45) is 5.46. The van der Waals surface area contributed by atoms with E-state index in [9.17, 15) is 4.79 Å². The second-order valence-electron chi connectivity index (χ2n) is 3.54. The molecule has 67 valence electrons. The Morgan fingerprint density at radius 3 is 3.00 bits per heavy atom. The maximum atomic E-state index is 11.3. The van der Waals surface area contributed by atoms with Crippen LogP contribution in [0.1, 0.15) is 19.3 Å². The van der Waals surface area contributed by atoms with Crippen molar-refractivity contribution < 1.29 is 9.53 Å². The molecular weight excluding hydrogens is 154 g/mol. The maximum Gasteiger partial charge on any atom is 0.409 e. The van der Waals surface area contributed by atoms with Gasteiger partial charge in [-0.05, 0) is 31.6 Å². The zero-order valence-electron chi connectivity index (χ0n) is 7.16. The molecule has 1 aliphatic heterocycles. The molecule has 0 N–H and O–H groups in total. The van der Waals surface area contributed by atoms with Crippen LogP contribution in [0.25, 0.3) is 0 Å². The second kappa shape index (κ2) is 3.33. The van der Waals surface area contributed by atoms with Gasteiger partial charge >= 0.3 is 6.09 Å². The average Bonchev–Trinajstić information content (AvgIpc) is 2.74. The number of likely N-dealkylation sites (tertiary alicyclic amines) is 1. The van der Waals surface area contributed by atoms with Gasteiger partial charge in [0, 0.05) is 13.1 Å². The molecule has 0 aromatic rings. The van der Waals surface area contributed by atoms with Gasteiger partial charge in [0.15, 0.2) is 0 Å². The number of carbonyl (C=O) groups is 1. The lowest BCUT2D eigenvalue weighted by Crippen LogP contribution is -2.28. The van der Waals surface area contributed by atoms with Crippen molar-refractivity contribution in [2.75, 3.05) is 19.7 Å². The predicted molar refractivity (Wildman–Crippen MR) is 44.6 cm³/mol. The molecule has 1 radical (unpaired) electrons. The Morgan fingerprint density at radius 1 is 1.58 bits per heavy atom. The highest BCUT2D eigenvalue weighted by molar-refractivity contribution is 5.68. The molecule has 0 bridgehead atoms. The first kappa shape index (κ1) is 7.90. The van der Waals surface area contributed by atoms with E-state index in [1.165, 1.54) is 12.8 Å². The molecule has 3 heteroatoms. The first-order valence-corrected chi connectivity index (χ1v) is 4.59. The van der Waals surface area contributed by atoms with Crippen LogP contribution in [0, 0.1) is 12.3 Å². The van der Waals surface area contributed by atoms with Gasteiger partial charge in [0.05, 0.1) is 6.61 Å². The van der Waals surface area contributed by atoms with Crippen molar-refractivity contribution in [2.45, 2.75) is 19.3 Å². The minimum atomic E-state index is -0.129. The van der Waals surface area contributed by atoms with Crippen LogP contribution in [-0.4, -0.2) is 30.7 Å². The van der Waals surface area contributed by atoms with Crippen molar-refractivity contribution in [1.82, 2.24) is 4.90 Å². The third-order valence-corrected chi connectivity index (χ3v) is 2.35. The van der Waals surface area contributed by atoms with E-state index in [2.05, 4.69) is 6.42 Å². The van der Waals surface area contributed by atoms with Crippen molar-refractivity contribution >= 4 is 6.09 Å². The Labute approximate surface area is 72.7 Å². The summed E-state index contributed by atoms with van der Waals surface area (Å²) in [4.78, 5) is 13.0. The second-order valence-corrected chi connectivity index (χ2v) is 3.54. The molecule has 2 aliphatic rings. The van der Waals surface area contributed by atoms with Crippen molar-refractivity contribution in [2.24, 2.45) is 5.92 Å². The number of nitrogens with zero attached hydrogens (tertiary/aromatic N) is 1. The quantitative estimate of drug-likeness (QED) is 0.624. The Bertz CT molecular complexity index is 171. The van der Waals surface area contributed by atoms with Gasteiger partial charge in [0.2, 0.25) is 0 Å². The minimum Gasteiger partial charge on any atom is -0.449 e. The lowest BCUT2D eigenvalue weighted by atomic mass is 10.4. The minimum absolute atomic E-state index is 0.129. The van der Waals surface area contributed by atoms with Crippen molar-refractivity contribution in [3.05, 3.63) is 6.42 Å². The van der Waals surface area contributed by atoms with Gasteiger partial charge in [-0.2, -0.15) is 0 Å². The van der Waals surface area contributed by atoms with Crippen LogP contribution in [0.5, 0.6) is 0 Å². The number of amides is 1. The normalized spacial score (nSPS) is 22.8. The monoisotopic (exact) mass is 168 g/mol. The van der Waals surface area contributed by atoms with E-state index < -0.39 is 0 Å². The van der Waals surface area contributed by atoms with Crippen LogP contribution in [0.15, 0.2) is 0 Å². The Balaban J connectivity index is 1.67. The number of hydrogen-bond donors (Lipinski definition) is 0. The molecule has 0 aromatic heterocycles. The van der Waals surface area contributed by atoms with Crippen molar-refractivity contribution in [3.63, 3.8) is 0 Å². The van der Waals surface area contributed by atoms with E-state index in [1.807, 2.05) is 0 Å². The summed E-state index contributed by atoms with van der Waals surface area (Å²) in [6, 6.07) is 0. The van der Waals surface area contributed by atoms with Crippen LogP contribution in [0.4, 0.5) is 4.79 Å². The predicted octanol–water partition coefficient (Wildman–Crippen LogP) is 1.44. The summed E-state index contributed by atoms with van der Waals surface area (Å²) in [5, 5.41) is 0. The van der Waals surface area contributed by atoms with Crippen LogP contribution >= 0.6 is 0 Å². The van der Waals surface area contributed by atoms with Gasteiger partial charge in [-0.25, -0.2) is 4.79 Å². The van der Waals surface area contributed by atoms with E-state index in [0.29, 0.717) is 12.5 Å². The maximum absolute atomic E-state index is 11.3. The molecule has 0 aromatic carbocycles. The zero-order chi connectivity index (χ0) is 8.39. The lowest BCUT2D eigenvalue weighted by molar-refractivity contribution is 0.107. The number of carbonyl (C=O) groups excluding carboxylic acids is 1. The van der Waals surface area contributed by atoms with Crippen LogP contribution < -0.4 is 0 Å². The van der Waals surface area contributed by atoms with E-state index in [4.69, 9.17) is 4.74 Å². The molecule has 12 heavy (non-hydrogen) atoms. The molecule has 0 atom stereocenters. The van der Waals surface area contributed by atoms with Crippen molar-refractivity contribution in [1.29, 1.82) is 0 Å². The molecule has 1 heterocycles. The van der Waals surface area contributed by atoms with Crippen LogP contribution in [0.2, 0.25) is 0 Å². The lowest BCUT2D eigenvalue weighted by Gasteiger charge is -2.14. The first-order chi connectivity index (χ1) is 5.86. The summed E-state index contributed by atoms with van der Waals surface area (Å²) < 4.78 is 5.12. The summed E-state index contributed by atoms with van der Waals surface area (Å²) in [6.45, 7) is 2.24. The average molecular weight is 168 g/mol. The number of rotatable bonds is 2. The fraction of sp³-hybridized carbons (Fsp3) is 0.778. The molecule has 0 unspecified atom stereocenters. The smallest absolute Gasteiger partial charge is 0.409 e. The standard InChI is InChI=1S/C9H14NO2/c11-9(10-5-1-2-6-10)12-7-8-3-4-8/h1,8H,2-7H2. The Hall–Kier alpha value is -0.730. The van der Waals surface area contributed by atoms with E-state index in [1.54, 1.807) is 4.90 Å².